The van der Waals surface area contributed by atoms with E-state index in [-0.39, 0.29) is 16.0 Å². The van der Waals surface area contributed by atoms with E-state index < -0.39 is 21.9 Å². The van der Waals surface area contributed by atoms with Crippen LogP contribution < -0.4 is 5.43 Å². The van der Waals surface area contributed by atoms with Crippen molar-refractivity contribution in [3.63, 3.8) is 0 Å². The van der Waals surface area contributed by atoms with Gasteiger partial charge in [-0.2, -0.15) is 9.41 Å². The predicted molar refractivity (Wildman–Crippen MR) is 103 cm³/mol. The van der Waals surface area contributed by atoms with E-state index in [2.05, 4.69) is 10.5 Å². The summed E-state index contributed by atoms with van der Waals surface area (Å²) in [6, 6.07) is 11.8. The molecule has 2 aromatic rings. The minimum absolute atomic E-state index is 0.0790. The minimum atomic E-state index is -3.60. The topological polar surface area (TPSA) is 116 Å². The van der Waals surface area contributed by atoms with Crippen LogP contribution in [0.3, 0.4) is 0 Å². The summed E-state index contributed by atoms with van der Waals surface area (Å²) in [5, 5.41) is 12.7. The summed E-state index contributed by atoms with van der Waals surface area (Å²) in [6.07, 6.45) is 3.04. The van der Waals surface area contributed by atoms with Crippen LogP contribution in [-0.2, 0) is 10.0 Å². The van der Waals surface area contributed by atoms with Gasteiger partial charge in [-0.25, -0.2) is 18.6 Å². The Labute approximate surface area is 162 Å². The molecule has 146 valence electrons. The molecule has 2 N–H and O–H groups in total. The largest absolute Gasteiger partial charge is 0.478 e. The summed E-state index contributed by atoms with van der Waals surface area (Å²) in [5.41, 5.74) is 3.28. The number of sulfonamides is 1. The third-order valence-electron chi connectivity index (χ3n) is 4.34. The molecule has 2 aromatic carbocycles. The molecule has 0 aliphatic carbocycles. The quantitative estimate of drug-likeness (QED) is 0.567. The second kappa shape index (κ2) is 8.32. The van der Waals surface area contributed by atoms with Gasteiger partial charge in [0.1, 0.15) is 0 Å². The number of carbonyl (C=O) groups is 2. The minimum Gasteiger partial charge on any atom is -0.478 e. The average Bonchev–Trinajstić information content (AvgIpc) is 3.24. The molecular formula is C19H19N3O5S. The molecule has 8 nitrogen and oxygen atoms in total. The van der Waals surface area contributed by atoms with Crippen LogP contribution in [0.2, 0.25) is 0 Å². The van der Waals surface area contributed by atoms with E-state index in [0.717, 1.165) is 12.8 Å². The van der Waals surface area contributed by atoms with Crippen molar-refractivity contribution < 1.29 is 23.1 Å². The van der Waals surface area contributed by atoms with Crippen molar-refractivity contribution >= 4 is 28.1 Å². The lowest BCUT2D eigenvalue weighted by atomic mass is 10.1. The number of carboxylic acid groups (broad SMARTS) is 1. The molecule has 0 spiro atoms. The molecule has 0 radical (unpaired) electrons. The van der Waals surface area contributed by atoms with Crippen LogP contribution in [-0.4, -0.2) is 49.0 Å². The molecule has 1 heterocycles. The highest BCUT2D eigenvalue weighted by molar-refractivity contribution is 7.89. The number of hydrogen-bond donors (Lipinski definition) is 2. The lowest BCUT2D eigenvalue weighted by Crippen LogP contribution is -2.28. The highest BCUT2D eigenvalue weighted by Crippen LogP contribution is 2.21. The van der Waals surface area contributed by atoms with E-state index in [9.17, 15) is 18.0 Å². The van der Waals surface area contributed by atoms with Crippen LogP contribution in [0.1, 0.15) is 39.1 Å². The van der Waals surface area contributed by atoms with E-state index >= 15 is 0 Å². The third-order valence-corrected chi connectivity index (χ3v) is 6.23. The van der Waals surface area contributed by atoms with Gasteiger partial charge in [-0.05, 0) is 48.7 Å². The summed E-state index contributed by atoms with van der Waals surface area (Å²) in [7, 11) is -3.60. The summed E-state index contributed by atoms with van der Waals surface area (Å²) in [5.74, 6) is -1.57. The maximum atomic E-state index is 12.6. The first-order valence-corrected chi connectivity index (χ1v) is 10.1. The smallest absolute Gasteiger partial charge is 0.335 e. The number of amides is 1. The molecule has 0 bridgehead atoms. The van der Waals surface area contributed by atoms with Crippen LogP contribution in [0.25, 0.3) is 0 Å². The van der Waals surface area contributed by atoms with Crippen LogP contribution in [0.15, 0.2) is 58.5 Å². The molecular weight excluding hydrogens is 382 g/mol. The number of benzene rings is 2. The van der Waals surface area contributed by atoms with Crippen LogP contribution in [0.4, 0.5) is 0 Å². The Kier molecular flexibility index (Phi) is 5.86. The number of carboxylic acids is 1. The first-order chi connectivity index (χ1) is 13.4. The fourth-order valence-corrected chi connectivity index (χ4v) is 4.38. The Morgan fingerprint density at radius 2 is 1.71 bits per heavy atom. The van der Waals surface area contributed by atoms with Gasteiger partial charge >= 0.3 is 5.97 Å². The highest BCUT2D eigenvalue weighted by atomic mass is 32.2. The van der Waals surface area contributed by atoms with Crippen molar-refractivity contribution in [2.45, 2.75) is 17.7 Å². The number of nitrogens with one attached hydrogen (secondary N) is 1. The molecule has 0 unspecified atom stereocenters. The van der Waals surface area contributed by atoms with Gasteiger partial charge in [0.25, 0.3) is 5.91 Å². The summed E-state index contributed by atoms with van der Waals surface area (Å²) in [4.78, 5) is 23.2. The number of aromatic carboxylic acids is 1. The monoisotopic (exact) mass is 401 g/mol. The van der Waals surface area contributed by atoms with Crippen LogP contribution in [0.5, 0.6) is 0 Å². The number of hydrogen-bond acceptors (Lipinski definition) is 5. The molecule has 1 saturated heterocycles. The predicted octanol–water partition coefficient (Wildman–Crippen LogP) is 1.93. The average molecular weight is 401 g/mol. The molecule has 1 fully saturated rings. The van der Waals surface area contributed by atoms with Crippen molar-refractivity contribution in [1.29, 1.82) is 0 Å². The van der Waals surface area contributed by atoms with Crippen LogP contribution >= 0.6 is 0 Å². The Bertz CT molecular complexity index is 1010. The lowest BCUT2D eigenvalue weighted by molar-refractivity contribution is 0.0696. The molecule has 0 atom stereocenters. The summed E-state index contributed by atoms with van der Waals surface area (Å²) >= 11 is 0. The summed E-state index contributed by atoms with van der Waals surface area (Å²) < 4.78 is 26.6. The van der Waals surface area contributed by atoms with Gasteiger partial charge in [0, 0.05) is 18.7 Å². The highest BCUT2D eigenvalue weighted by Gasteiger charge is 2.27. The second-order valence-electron chi connectivity index (χ2n) is 6.27. The van der Waals surface area contributed by atoms with Gasteiger partial charge in [-0.15, -0.1) is 0 Å². The van der Waals surface area contributed by atoms with Gasteiger partial charge in [-0.1, -0.05) is 18.2 Å². The first-order valence-electron chi connectivity index (χ1n) is 8.65. The molecule has 1 amide bonds. The zero-order valence-electron chi connectivity index (χ0n) is 14.9. The standard InChI is InChI=1S/C19H19N3O5S/c23-18(21-20-13-14-6-8-15(9-7-14)19(24)25)16-4-3-5-17(12-16)28(26,27)22-10-1-2-11-22/h3-9,12-13H,1-2,10-11H2,(H,21,23)(H,24,25). The van der Waals surface area contributed by atoms with E-state index in [4.69, 9.17) is 5.11 Å². The fraction of sp³-hybridized carbons (Fsp3) is 0.211. The van der Waals surface area contributed by atoms with Crippen LogP contribution in [0, 0.1) is 0 Å². The van der Waals surface area contributed by atoms with E-state index in [1.165, 1.54) is 46.9 Å². The summed E-state index contributed by atoms with van der Waals surface area (Å²) in [6.45, 7) is 0.980. The molecule has 28 heavy (non-hydrogen) atoms. The van der Waals surface area contributed by atoms with Gasteiger partial charge < -0.3 is 5.11 Å². The van der Waals surface area contributed by atoms with Gasteiger partial charge in [0.2, 0.25) is 10.0 Å². The number of hydrazone groups is 1. The SMILES string of the molecule is O=C(O)c1ccc(C=NNC(=O)c2cccc(S(=O)(=O)N3CCCC3)c2)cc1. The first kappa shape index (κ1) is 19.7. The second-order valence-corrected chi connectivity index (χ2v) is 8.20. The van der Waals surface area contributed by atoms with Crippen molar-refractivity contribution in [3.05, 3.63) is 65.2 Å². The molecule has 0 saturated carbocycles. The number of nitrogens with zero attached hydrogens (tertiary/aromatic N) is 2. The lowest BCUT2D eigenvalue weighted by Gasteiger charge is -2.15. The molecule has 9 heteroatoms. The van der Waals surface area contributed by atoms with Gasteiger partial charge in [-0.3, -0.25) is 4.79 Å². The Balaban J connectivity index is 1.68. The Morgan fingerprint density at radius 1 is 1.04 bits per heavy atom. The van der Waals surface area contributed by atoms with Gasteiger partial charge in [0.05, 0.1) is 16.7 Å². The third kappa shape index (κ3) is 4.44. The van der Waals surface area contributed by atoms with Crippen molar-refractivity contribution in [3.8, 4) is 0 Å². The number of carbonyl (C=O) groups excluding carboxylic acids is 1. The molecule has 1 aliphatic heterocycles. The fourth-order valence-electron chi connectivity index (χ4n) is 2.82. The zero-order valence-corrected chi connectivity index (χ0v) is 15.7. The molecule has 3 rings (SSSR count). The maximum Gasteiger partial charge on any atom is 0.335 e. The normalized spacial score (nSPS) is 15.0. The van der Waals surface area contributed by atoms with Crippen molar-refractivity contribution in [1.82, 2.24) is 9.73 Å². The van der Waals surface area contributed by atoms with Crippen molar-refractivity contribution in [2.75, 3.05) is 13.1 Å². The maximum absolute atomic E-state index is 12.6. The van der Waals surface area contributed by atoms with E-state index in [0.29, 0.717) is 18.7 Å². The van der Waals surface area contributed by atoms with E-state index in [1.807, 2.05) is 0 Å². The van der Waals surface area contributed by atoms with E-state index in [1.54, 1.807) is 12.1 Å². The zero-order chi connectivity index (χ0) is 20.1. The Morgan fingerprint density at radius 3 is 2.36 bits per heavy atom. The number of rotatable bonds is 6. The molecule has 1 aliphatic rings. The Hall–Kier alpha value is -3.04. The van der Waals surface area contributed by atoms with Gasteiger partial charge in [0.15, 0.2) is 0 Å². The molecule has 0 aromatic heterocycles. The van der Waals surface area contributed by atoms with Crippen molar-refractivity contribution in [2.24, 2.45) is 5.10 Å².